The van der Waals surface area contributed by atoms with Crippen LogP contribution in [0, 0.1) is 0 Å². The number of rotatable bonds is 5. The lowest BCUT2D eigenvalue weighted by Gasteiger charge is -2.04. The molecule has 118 valence electrons. The van der Waals surface area contributed by atoms with Gasteiger partial charge in [-0.1, -0.05) is 24.6 Å². The minimum absolute atomic E-state index is 0.0641. The highest BCUT2D eigenvalue weighted by Gasteiger charge is 2.12. The summed E-state index contributed by atoms with van der Waals surface area (Å²) in [5, 5.41) is 9.58. The third-order valence-electron chi connectivity index (χ3n) is 3.67. The quantitative estimate of drug-likeness (QED) is 0.815. The highest BCUT2D eigenvalue weighted by atomic mass is 16.3. The Balaban J connectivity index is 2.28. The first-order valence-corrected chi connectivity index (χ1v) is 7.68. The van der Waals surface area contributed by atoms with Crippen LogP contribution in [0.2, 0.25) is 0 Å². The monoisotopic (exact) mass is 301 g/mol. The summed E-state index contributed by atoms with van der Waals surface area (Å²) < 4.78 is 5.73. The second kappa shape index (κ2) is 7.27. The molecule has 0 saturated heterocycles. The molecule has 0 bridgehead atoms. The van der Waals surface area contributed by atoms with Crippen LogP contribution in [0.25, 0.3) is 12.2 Å². The summed E-state index contributed by atoms with van der Waals surface area (Å²) >= 11 is 0. The largest absolute Gasteiger partial charge is 0.512 e. The van der Waals surface area contributed by atoms with Gasteiger partial charge >= 0.3 is 0 Å². The van der Waals surface area contributed by atoms with Gasteiger partial charge in [0.25, 0.3) is 0 Å². The molecule has 0 amide bonds. The van der Waals surface area contributed by atoms with Crippen molar-refractivity contribution in [3.8, 4) is 0 Å². The number of hydrogen-bond donors (Lipinski definition) is 2. The molecular weight excluding hydrogens is 278 g/mol. The van der Waals surface area contributed by atoms with Gasteiger partial charge in [-0.2, -0.15) is 0 Å². The first-order chi connectivity index (χ1) is 10.5. The normalized spacial score (nSPS) is 16.0. The van der Waals surface area contributed by atoms with Gasteiger partial charge in [0.2, 0.25) is 0 Å². The summed E-state index contributed by atoms with van der Waals surface area (Å²) in [6, 6.07) is 1.59. The molecule has 1 aliphatic rings. The number of allylic oxidation sites excluding steroid dienone is 4. The zero-order valence-corrected chi connectivity index (χ0v) is 13.1. The summed E-state index contributed by atoms with van der Waals surface area (Å²) in [5.41, 5.74) is 7.54. The Kier molecular flexibility index (Phi) is 5.39. The lowest BCUT2D eigenvalue weighted by atomic mass is 10.1. The fourth-order valence-corrected chi connectivity index (χ4v) is 2.29. The standard InChI is InChI=1S/C18H23NO3/c1-3-14(20)10-15-11-17(21)16-8-6-13(5-4-12(2)19)7-9-18(16)22-15/h6-7,9-12,20H,3-5,8,19H2,1-2H3/b14-10+. The Morgan fingerprint density at radius 3 is 2.95 bits per heavy atom. The molecule has 0 spiro atoms. The van der Waals surface area contributed by atoms with Crippen molar-refractivity contribution in [3.63, 3.8) is 0 Å². The minimum atomic E-state index is -0.0641. The molecule has 1 aliphatic carbocycles. The third-order valence-corrected chi connectivity index (χ3v) is 3.67. The summed E-state index contributed by atoms with van der Waals surface area (Å²) in [4.78, 5) is 12.2. The molecule has 0 aliphatic heterocycles. The summed E-state index contributed by atoms with van der Waals surface area (Å²) in [6.07, 6.45) is 10.2. The van der Waals surface area contributed by atoms with Crippen LogP contribution in [0.15, 0.2) is 38.8 Å². The van der Waals surface area contributed by atoms with Gasteiger partial charge in [-0.05, 0) is 32.3 Å². The molecule has 2 rings (SSSR count). The Morgan fingerprint density at radius 1 is 1.50 bits per heavy atom. The molecule has 0 fully saturated rings. The van der Waals surface area contributed by atoms with Crippen LogP contribution in [0.3, 0.4) is 0 Å². The Bertz CT molecular complexity index is 678. The van der Waals surface area contributed by atoms with Gasteiger partial charge < -0.3 is 15.3 Å². The molecule has 1 heterocycles. The Labute approximate surface area is 130 Å². The van der Waals surface area contributed by atoms with E-state index in [0.29, 0.717) is 29.9 Å². The van der Waals surface area contributed by atoms with Crippen molar-refractivity contribution < 1.29 is 9.52 Å². The summed E-state index contributed by atoms with van der Waals surface area (Å²) in [6.45, 7) is 3.82. The maximum atomic E-state index is 12.2. The first-order valence-electron chi connectivity index (χ1n) is 7.68. The molecular formula is C18H23NO3. The fourth-order valence-electron chi connectivity index (χ4n) is 2.29. The number of nitrogens with two attached hydrogens (primary N) is 1. The molecule has 1 atom stereocenters. The fraction of sp³-hybridized carbons (Fsp3) is 0.389. The van der Waals surface area contributed by atoms with Crippen LogP contribution >= 0.6 is 0 Å². The van der Waals surface area contributed by atoms with Gasteiger partial charge in [0.15, 0.2) is 5.43 Å². The van der Waals surface area contributed by atoms with Crippen LogP contribution in [0.5, 0.6) is 0 Å². The van der Waals surface area contributed by atoms with E-state index < -0.39 is 0 Å². The average Bonchev–Trinajstić information content (AvgIpc) is 2.67. The average molecular weight is 301 g/mol. The van der Waals surface area contributed by atoms with E-state index >= 15 is 0 Å². The molecule has 0 radical (unpaired) electrons. The zero-order chi connectivity index (χ0) is 16.1. The lowest BCUT2D eigenvalue weighted by molar-refractivity contribution is 0.397. The van der Waals surface area contributed by atoms with E-state index in [0.717, 1.165) is 18.4 Å². The molecule has 1 unspecified atom stereocenters. The smallest absolute Gasteiger partial charge is 0.189 e. The van der Waals surface area contributed by atoms with Crippen LogP contribution in [0.4, 0.5) is 0 Å². The van der Waals surface area contributed by atoms with E-state index in [1.54, 1.807) is 0 Å². The van der Waals surface area contributed by atoms with Crippen LogP contribution < -0.4 is 11.2 Å². The van der Waals surface area contributed by atoms with E-state index in [9.17, 15) is 9.90 Å². The number of fused-ring (bicyclic) bond motifs is 1. The second-order valence-electron chi connectivity index (χ2n) is 5.68. The van der Waals surface area contributed by atoms with Gasteiger partial charge in [-0.25, -0.2) is 0 Å². The predicted octanol–water partition coefficient (Wildman–Crippen LogP) is 3.57. The maximum Gasteiger partial charge on any atom is 0.189 e. The van der Waals surface area contributed by atoms with E-state index in [1.807, 2.05) is 26.0 Å². The summed E-state index contributed by atoms with van der Waals surface area (Å²) in [7, 11) is 0. The number of aliphatic hydroxyl groups is 1. The minimum Gasteiger partial charge on any atom is -0.512 e. The number of hydrogen-bond acceptors (Lipinski definition) is 4. The van der Waals surface area contributed by atoms with E-state index in [2.05, 4.69) is 6.08 Å². The van der Waals surface area contributed by atoms with Gasteiger partial charge in [0.05, 0.1) is 5.76 Å². The van der Waals surface area contributed by atoms with E-state index in [-0.39, 0.29) is 17.2 Å². The molecule has 0 aromatic carbocycles. The zero-order valence-electron chi connectivity index (χ0n) is 13.1. The van der Waals surface area contributed by atoms with Crippen molar-refractivity contribution in [3.05, 3.63) is 56.9 Å². The third kappa shape index (κ3) is 4.21. The van der Waals surface area contributed by atoms with Crippen LogP contribution in [0.1, 0.15) is 50.2 Å². The van der Waals surface area contributed by atoms with Crippen molar-refractivity contribution >= 4 is 12.2 Å². The van der Waals surface area contributed by atoms with Crippen molar-refractivity contribution in [2.24, 2.45) is 5.73 Å². The lowest BCUT2D eigenvalue weighted by Crippen LogP contribution is -2.14. The van der Waals surface area contributed by atoms with Gasteiger partial charge in [0.1, 0.15) is 11.5 Å². The molecule has 3 N–H and O–H groups in total. The molecule has 22 heavy (non-hydrogen) atoms. The summed E-state index contributed by atoms with van der Waals surface area (Å²) in [5.74, 6) is 1.14. The first kappa shape index (κ1) is 16.3. The molecule has 0 saturated carbocycles. The topological polar surface area (TPSA) is 76.5 Å². The Morgan fingerprint density at radius 2 is 2.27 bits per heavy atom. The molecule has 4 heteroatoms. The van der Waals surface area contributed by atoms with Crippen LogP contribution in [-0.4, -0.2) is 11.1 Å². The Hall–Kier alpha value is -2.07. The molecule has 1 aromatic heterocycles. The van der Waals surface area contributed by atoms with Crippen molar-refractivity contribution in [2.75, 3.05) is 0 Å². The van der Waals surface area contributed by atoms with Crippen molar-refractivity contribution in [1.82, 2.24) is 0 Å². The molecule has 4 nitrogen and oxygen atoms in total. The van der Waals surface area contributed by atoms with E-state index in [1.165, 1.54) is 12.1 Å². The van der Waals surface area contributed by atoms with E-state index in [4.69, 9.17) is 10.2 Å². The van der Waals surface area contributed by atoms with Gasteiger partial charge in [0, 0.05) is 30.2 Å². The SMILES string of the molecule is CC/C(O)=C\c1cc(=O)c2c(o1)C=CC(CCC(C)N)=CC2. The van der Waals surface area contributed by atoms with Gasteiger partial charge in [-0.3, -0.25) is 4.79 Å². The predicted molar refractivity (Wildman–Crippen MR) is 89.6 cm³/mol. The van der Waals surface area contributed by atoms with Crippen LogP contribution in [-0.2, 0) is 6.42 Å². The van der Waals surface area contributed by atoms with Crippen molar-refractivity contribution in [2.45, 2.75) is 45.6 Å². The second-order valence-corrected chi connectivity index (χ2v) is 5.68. The van der Waals surface area contributed by atoms with Gasteiger partial charge in [-0.15, -0.1) is 0 Å². The number of aliphatic hydroxyl groups excluding tert-OH is 1. The highest BCUT2D eigenvalue weighted by Crippen LogP contribution is 2.20. The highest BCUT2D eigenvalue weighted by molar-refractivity contribution is 5.56. The molecule has 1 aromatic rings. The van der Waals surface area contributed by atoms with Crippen molar-refractivity contribution in [1.29, 1.82) is 0 Å². The maximum absolute atomic E-state index is 12.2.